The first-order chi connectivity index (χ1) is 11.5. The fourth-order valence-electron chi connectivity index (χ4n) is 2.99. The van der Waals surface area contributed by atoms with Crippen LogP contribution in [0.3, 0.4) is 0 Å². The van der Waals surface area contributed by atoms with Crippen molar-refractivity contribution in [3.05, 3.63) is 40.5 Å². The van der Waals surface area contributed by atoms with Crippen LogP contribution in [0.15, 0.2) is 34.9 Å². The molecule has 0 amide bonds. The van der Waals surface area contributed by atoms with Gasteiger partial charge in [0.05, 0.1) is 13.0 Å². The van der Waals surface area contributed by atoms with Crippen LogP contribution in [-0.4, -0.2) is 19.7 Å². The van der Waals surface area contributed by atoms with Gasteiger partial charge in [-0.2, -0.15) is 5.26 Å². The number of Topliss-reactive ketones (excluding diaryl/α,β-unsaturated/α-hetero) is 1. The third-order valence-corrected chi connectivity index (χ3v) is 4.00. The molecular weight excluding hydrogens is 312 g/mol. The van der Waals surface area contributed by atoms with Crippen LogP contribution in [0.5, 0.6) is 17.2 Å². The van der Waals surface area contributed by atoms with Gasteiger partial charge in [0.15, 0.2) is 17.3 Å². The number of allylic oxidation sites excluding steroid dienone is 3. The Bertz CT molecular complexity index is 832. The number of ketones is 1. The predicted octanol–water partition coefficient (Wildman–Crippen LogP) is 2.09. The molecule has 3 rings (SSSR count). The molecule has 24 heavy (non-hydrogen) atoms. The summed E-state index contributed by atoms with van der Waals surface area (Å²) >= 11 is 0. The standard InChI is InChI=1S/C17H16N2O5/c1-8(20)14-9(2)24-17(19)11(6-18)15(14)10-4-12(21-3)16-13(5-10)22-7-23-16/h4-5,15H,7,19H2,1-3H3/t15-/m1/s1. The summed E-state index contributed by atoms with van der Waals surface area (Å²) in [5.41, 5.74) is 7.05. The number of carbonyl (C=O) groups excluding carboxylic acids is 1. The van der Waals surface area contributed by atoms with Crippen LogP contribution in [0.4, 0.5) is 0 Å². The minimum Gasteiger partial charge on any atom is -0.493 e. The summed E-state index contributed by atoms with van der Waals surface area (Å²) in [6.07, 6.45) is 0. The average molecular weight is 328 g/mol. The first-order valence-corrected chi connectivity index (χ1v) is 7.24. The van der Waals surface area contributed by atoms with Crippen molar-refractivity contribution in [2.24, 2.45) is 5.73 Å². The molecule has 0 radical (unpaired) electrons. The van der Waals surface area contributed by atoms with Gasteiger partial charge in [-0.05, 0) is 31.5 Å². The second kappa shape index (κ2) is 5.81. The summed E-state index contributed by atoms with van der Waals surface area (Å²) in [5.74, 6) is 0.963. The molecule has 0 aliphatic carbocycles. The molecule has 1 atom stereocenters. The summed E-state index contributed by atoms with van der Waals surface area (Å²) in [7, 11) is 1.51. The number of nitriles is 1. The van der Waals surface area contributed by atoms with Crippen LogP contribution in [0.1, 0.15) is 25.3 Å². The number of methoxy groups -OCH3 is 1. The van der Waals surface area contributed by atoms with Gasteiger partial charge in [0.1, 0.15) is 17.4 Å². The molecule has 0 bridgehead atoms. The van der Waals surface area contributed by atoms with Crippen molar-refractivity contribution in [3.8, 4) is 23.3 Å². The van der Waals surface area contributed by atoms with Crippen molar-refractivity contribution < 1.29 is 23.7 Å². The fraction of sp³-hybridized carbons (Fsp3) is 0.294. The molecule has 2 aliphatic heterocycles. The van der Waals surface area contributed by atoms with E-state index in [9.17, 15) is 10.1 Å². The molecule has 0 saturated carbocycles. The molecule has 7 nitrogen and oxygen atoms in total. The molecule has 2 heterocycles. The maximum absolute atomic E-state index is 12.2. The van der Waals surface area contributed by atoms with Gasteiger partial charge in [0, 0.05) is 5.57 Å². The van der Waals surface area contributed by atoms with E-state index in [2.05, 4.69) is 0 Å². The second-order valence-electron chi connectivity index (χ2n) is 5.41. The van der Waals surface area contributed by atoms with Gasteiger partial charge >= 0.3 is 0 Å². The zero-order chi connectivity index (χ0) is 17.4. The number of fused-ring (bicyclic) bond motifs is 1. The van der Waals surface area contributed by atoms with Gasteiger partial charge in [-0.15, -0.1) is 0 Å². The summed E-state index contributed by atoms with van der Waals surface area (Å²) in [6, 6.07) is 5.48. The maximum atomic E-state index is 12.2. The molecule has 2 N–H and O–H groups in total. The molecule has 1 aromatic carbocycles. The molecular formula is C17H16N2O5. The zero-order valence-electron chi connectivity index (χ0n) is 13.5. The Balaban J connectivity index is 2.23. The van der Waals surface area contributed by atoms with Crippen molar-refractivity contribution >= 4 is 5.78 Å². The molecule has 2 aliphatic rings. The smallest absolute Gasteiger partial charge is 0.231 e. The lowest BCUT2D eigenvalue weighted by atomic mass is 9.81. The van der Waals surface area contributed by atoms with E-state index in [1.54, 1.807) is 19.1 Å². The lowest BCUT2D eigenvalue weighted by Gasteiger charge is -2.27. The van der Waals surface area contributed by atoms with Crippen molar-refractivity contribution in [1.82, 2.24) is 0 Å². The van der Waals surface area contributed by atoms with Gasteiger partial charge in [-0.1, -0.05) is 0 Å². The van der Waals surface area contributed by atoms with Crippen LogP contribution in [-0.2, 0) is 9.53 Å². The lowest BCUT2D eigenvalue weighted by molar-refractivity contribution is -0.114. The van der Waals surface area contributed by atoms with E-state index in [0.717, 1.165) is 0 Å². The van der Waals surface area contributed by atoms with Gasteiger partial charge in [0.2, 0.25) is 18.4 Å². The molecule has 0 spiro atoms. The number of carbonyl (C=O) groups is 1. The molecule has 7 heteroatoms. The molecule has 0 unspecified atom stereocenters. The monoisotopic (exact) mass is 328 g/mol. The van der Waals surface area contributed by atoms with E-state index in [1.807, 2.05) is 6.07 Å². The van der Waals surface area contributed by atoms with Gasteiger partial charge in [-0.3, -0.25) is 4.79 Å². The Labute approximate surface area is 138 Å². The largest absolute Gasteiger partial charge is 0.493 e. The van der Waals surface area contributed by atoms with Crippen LogP contribution in [0.25, 0.3) is 0 Å². The lowest BCUT2D eigenvalue weighted by Crippen LogP contribution is -2.23. The number of benzene rings is 1. The minimum absolute atomic E-state index is 0.0124. The number of nitrogens with zero attached hydrogens (tertiary/aromatic N) is 1. The Morgan fingerprint density at radius 2 is 2.17 bits per heavy atom. The highest BCUT2D eigenvalue weighted by Gasteiger charge is 2.35. The number of nitrogens with two attached hydrogens (primary N) is 1. The van der Waals surface area contributed by atoms with Gasteiger partial charge < -0.3 is 24.7 Å². The summed E-state index contributed by atoms with van der Waals surface area (Å²) < 4.78 is 21.5. The zero-order valence-corrected chi connectivity index (χ0v) is 13.5. The molecule has 1 aromatic rings. The summed E-state index contributed by atoms with van der Waals surface area (Å²) in [6.45, 7) is 3.16. The first kappa shape index (κ1) is 15.7. The highest BCUT2D eigenvalue weighted by atomic mass is 16.7. The van der Waals surface area contributed by atoms with Crippen LogP contribution in [0, 0.1) is 11.3 Å². The number of ether oxygens (including phenoxy) is 4. The van der Waals surface area contributed by atoms with Crippen molar-refractivity contribution in [3.63, 3.8) is 0 Å². The molecule has 124 valence electrons. The Kier molecular flexibility index (Phi) is 3.81. The van der Waals surface area contributed by atoms with Crippen LogP contribution >= 0.6 is 0 Å². The van der Waals surface area contributed by atoms with Crippen molar-refractivity contribution in [1.29, 1.82) is 5.26 Å². The minimum atomic E-state index is -0.648. The molecule has 0 saturated heterocycles. The first-order valence-electron chi connectivity index (χ1n) is 7.24. The van der Waals surface area contributed by atoms with Gasteiger partial charge in [-0.25, -0.2) is 0 Å². The van der Waals surface area contributed by atoms with E-state index in [0.29, 0.717) is 34.1 Å². The highest BCUT2D eigenvalue weighted by Crippen LogP contribution is 2.47. The summed E-state index contributed by atoms with van der Waals surface area (Å²) in [5, 5.41) is 9.51. The normalized spacial score (nSPS) is 19.0. The Morgan fingerprint density at radius 1 is 1.42 bits per heavy atom. The highest BCUT2D eigenvalue weighted by molar-refractivity contribution is 5.96. The second-order valence-corrected chi connectivity index (χ2v) is 5.41. The van der Waals surface area contributed by atoms with E-state index in [-0.39, 0.29) is 24.0 Å². The number of hydrogen-bond acceptors (Lipinski definition) is 7. The summed E-state index contributed by atoms with van der Waals surface area (Å²) in [4.78, 5) is 12.2. The van der Waals surface area contributed by atoms with E-state index < -0.39 is 5.92 Å². The Hall–Kier alpha value is -3.14. The third-order valence-electron chi connectivity index (χ3n) is 4.00. The van der Waals surface area contributed by atoms with E-state index in [4.69, 9.17) is 24.7 Å². The van der Waals surface area contributed by atoms with Crippen molar-refractivity contribution in [2.75, 3.05) is 13.9 Å². The molecule has 0 aromatic heterocycles. The number of rotatable bonds is 3. The maximum Gasteiger partial charge on any atom is 0.231 e. The van der Waals surface area contributed by atoms with Crippen LogP contribution in [0.2, 0.25) is 0 Å². The fourth-order valence-corrected chi connectivity index (χ4v) is 2.99. The quantitative estimate of drug-likeness (QED) is 0.906. The third kappa shape index (κ3) is 2.33. The average Bonchev–Trinajstić information content (AvgIpc) is 3.01. The topological polar surface area (TPSA) is 104 Å². The van der Waals surface area contributed by atoms with Crippen LogP contribution < -0.4 is 19.9 Å². The van der Waals surface area contributed by atoms with Gasteiger partial charge in [0.25, 0.3) is 0 Å². The van der Waals surface area contributed by atoms with E-state index >= 15 is 0 Å². The number of hydrogen-bond donors (Lipinski definition) is 1. The predicted molar refractivity (Wildman–Crippen MR) is 83.2 cm³/mol. The van der Waals surface area contributed by atoms with E-state index in [1.165, 1.54) is 14.0 Å². The molecule has 0 fully saturated rings. The Morgan fingerprint density at radius 3 is 2.79 bits per heavy atom. The SMILES string of the molecule is COc1cc([C@@H]2C(C#N)=C(N)OC(C)=C2C(C)=O)cc2c1OCO2. The van der Waals surface area contributed by atoms with Crippen molar-refractivity contribution in [2.45, 2.75) is 19.8 Å².